The third-order valence-corrected chi connectivity index (χ3v) is 5.76. The van der Waals surface area contributed by atoms with Crippen LogP contribution in [0.4, 0.5) is 0 Å². The highest BCUT2D eigenvalue weighted by molar-refractivity contribution is 7.18. The van der Waals surface area contributed by atoms with Gasteiger partial charge >= 0.3 is 0 Å². The van der Waals surface area contributed by atoms with Crippen molar-refractivity contribution in [2.75, 3.05) is 20.1 Å². The number of nitrogens with one attached hydrogen (secondary N) is 1. The van der Waals surface area contributed by atoms with E-state index in [1.165, 1.54) is 22.2 Å². The van der Waals surface area contributed by atoms with E-state index in [1.54, 1.807) is 0 Å². The number of fused-ring (bicyclic) bond motifs is 1. The molecule has 0 spiro atoms. The van der Waals surface area contributed by atoms with Crippen LogP contribution in [0.1, 0.15) is 23.3 Å². The molecule has 1 aliphatic heterocycles. The Balaban J connectivity index is 1.84. The van der Waals surface area contributed by atoms with E-state index < -0.39 is 0 Å². The molecule has 2 aromatic rings. The van der Waals surface area contributed by atoms with Crippen LogP contribution in [0, 0.1) is 13.8 Å². The van der Waals surface area contributed by atoms with Gasteiger partial charge in [-0.05, 0) is 39.3 Å². The molecule has 1 fully saturated rings. The molecule has 2 aromatic heterocycles. The van der Waals surface area contributed by atoms with E-state index in [0.29, 0.717) is 18.0 Å². The molecule has 1 N–H and O–H groups in total. The first kappa shape index (κ1) is 16.1. The van der Waals surface area contributed by atoms with Crippen LogP contribution in [0.2, 0.25) is 0 Å². The number of aromatic nitrogens is 2. The zero-order valence-electron chi connectivity index (χ0n) is 13.8. The molecule has 0 saturated carbocycles. The van der Waals surface area contributed by atoms with E-state index in [9.17, 15) is 9.59 Å². The topological polar surface area (TPSA) is 67.2 Å². The first-order chi connectivity index (χ1) is 11.0. The second-order valence-electron chi connectivity index (χ2n) is 6.11. The Kier molecular flexibility index (Phi) is 4.50. The minimum absolute atomic E-state index is 0.0159. The Morgan fingerprint density at radius 3 is 3.00 bits per heavy atom. The average molecular weight is 334 g/mol. The molecule has 0 aliphatic carbocycles. The van der Waals surface area contributed by atoms with Gasteiger partial charge in [-0.25, -0.2) is 4.98 Å². The Bertz CT molecular complexity index is 795. The molecule has 23 heavy (non-hydrogen) atoms. The summed E-state index contributed by atoms with van der Waals surface area (Å²) in [6, 6.07) is 0.340. The van der Waals surface area contributed by atoms with Crippen molar-refractivity contribution in [2.45, 2.75) is 39.3 Å². The highest BCUT2D eigenvalue weighted by Gasteiger charge is 2.23. The largest absolute Gasteiger partial charge is 0.340 e. The molecule has 1 saturated heterocycles. The molecule has 6 nitrogen and oxygen atoms in total. The van der Waals surface area contributed by atoms with Crippen molar-refractivity contribution < 1.29 is 4.79 Å². The van der Waals surface area contributed by atoms with Crippen LogP contribution in [-0.2, 0) is 11.3 Å². The lowest BCUT2D eigenvalue weighted by molar-refractivity contribution is -0.133. The molecule has 7 heteroatoms. The average Bonchev–Trinajstić information content (AvgIpc) is 2.85. The molecule has 0 aromatic carbocycles. The maximum Gasteiger partial charge on any atom is 0.262 e. The number of carbonyl (C=O) groups excluding carboxylic acids is 1. The first-order valence-electron chi connectivity index (χ1n) is 7.91. The molecule has 3 rings (SSSR count). The van der Waals surface area contributed by atoms with Crippen LogP contribution in [0.5, 0.6) is 0 Å². The van der Waals surface area contributed by atoms with Gasteiger partial charge < -0.3 is 10.2 Å². The lowest BCUT2D eigenvalue weighted by Gasteiger charge is -2.32. The monoisotopic (exact) mass is 334 g/mol. The first-order valence-corrected chi connectivity index (χ1v) is 8.73. The predicted octanol–water partition coefficient (Wildman–Crippen LogP) is 1.29. The molecule has 0 bridgehead atoms. The van der Waals surface area contributed by atoms with Gasteiger partial charge in [-0.2, -0.15) is 0 Å². The maximum atomic E-state index is 12.6. The smallest absolute Gasteiger partial charge is 0.262 e. The van der Waals surface area contributed by atoms with Crippen molar-refractivity contribution in [1.82, 2.24) is 19.8 Å². The fourth-order valence-corrected chi connectivity index (χ4v) is 4.06. The number of carbonyl (C=O) groups is 1. The van der Waals surface area contributed by atoms with E-state index in [1.807, 2.05) is 25.8 Å². The summed E-state index contributed by atoms with van der Waals surface area (Å²) >= 11 is 1.52. The minimum Gasteiger partial charge on any atom is -0.340 e. The number of likely N-dealkylation sites (tertiary alicyclic amines) is 1. The second kappa shape index (κ2) is 6.41. The number of thiophene rings is 1. The Hall–Kier alpha value is -1.73. The van der Waals surface area contributed by atoms with Gasteiger partial charge in [-0.15, -0.1) is 11.3 Å². The van der Waals surface area contributed by atoms with Gasteiger partial charge in [0.2, 0.25) is 5.91 Å². The summed E-state index contributed by atoms with van der Waals surface area (Å²) in [5.41, 5.74) is 0.852. The van der Waals surface area contributed by atoms with Gasteiger partial charge in [0.15, 0.2) is 0 Å². The number of amides is 1. The zero-order chi connectivity index (χ0) is 16.6. The molecule has 1 atom stereocenters. The highest BCUT2D eigenvalue weighted by Crippen LogP contribution is 2.25. The van der Waals surface area contributed by atoms with Crippen LogP contribution < -0.4 is 10.9 Å². The quantitative estimate of drug-likeness (QED) is 0.918. The van der Waals surface area contributed by atoms with Gasteiger partial charge in [0, 0.05) is 24.0 Å². The number of rotatable bonds is 3. The van der Waals surface area contributed by atoms with Crippen molar-refractivity contribution in [2.24, 2.45) is 0 Å². The summed E-state index contributed by atoms with van der Waals surface area (Å²) in [6.45, 7) is 5.45. The summed E-state index contributed by atoms with van der Waals surface area (Å²) in [5.74, 6) is -0.0159. The molecule has 124 valence electrons. The van der Waals surface area contributed by atoms with Gasteiger partial charge in [0.05, 0.1) is 11.7 Å². The van der Waals surface area contributed by atoms with Crippen LogP contribution in [0.3, 0.4) is 0 Å². The Morgan fingerprint density at radius 2 is 2.26 bits per heavy atom. The maximum absolute atomic E-state index is 12.6. The van der Waals surface area contributed by atoms with Crippen molar-refractivity contribution in [3.8, 4) is 0 Å². The summed E-state index contributed by atoms with van der Waals surface area (Å²) in [5, 5.41) is 3.87. The SMILES string of the molecule is CNC1CCCN(C(=O)Cn2cnc3sc(C)c(C)c3c2=O)C1. The zero-order valence-corrected chi connectivity index (χ0v) is 14.6. The Morgan fingerprint density at radius 1 is 1.48 bits per heavy atom. The summed E-state index contributed by atoms with van der Waals surface area (Å²) in [6.07, 6.45) is 3.57. The number of likely N-dealkylation sites (N-methyl/N-ethyl adjacent to an activating group) is 1. The van der Waals surface area contributed by atoms with Crippen LogP contribution in [-0.4, -0.2) is 46.5 Å². The number of hydrogen-bond donors (Lipinski definition) is 1. The van der Waals surface area contributed by atoms with Crippen LogP contribution in [0.25, 0.3) is 10.2 Å². The van der Waals surface area contributed by atoms with Gasteiger partial charge in [0.25, 0.3) is 5.56 Å². The second-order valence-corrected chi connectivity index (χ2v) is 7.31. The van der Waals surface area contributed by atoms with Crippen molar-refractivity contribution in [3.63, 3.8) is 0 Å². The van der Waals surface area contributed by atoms with Crippen molar-refractivity contribution >= 4 is 27.5 Å². The van der Waals surface area contributed by atoms with Gasteiger partial charge in [0.1, 0.15) is 11.4 Å². The molecule has 1 unspecified atom stereocenters. The van der Waals surface area contributed by atoms with E-state index >= 15 is 0 Å². The van der Waals surface area contributed by atoms with Crippen LogP contribution >= 0.6 is 11.3 Å². The molecular weight excluding hydrogens is 312 g/mol. The summed E-state index contributed by atoms with van der Waals surface area (Å²) in [7, 11) is 1.92. The number of aryl methyl sites for hydroxylation is 2. The third-order valence-electron chi connectivity index (χ3n) is 4.64. The van der Waals surface area contributed by atoms with E-state index in [2.05, 4.69) is 10.3 Å². The van der Waals surface area contributed by atoms with Crippen LogP contribution in [0.15, 0.2) is 11.1 Å². The normalized spacial score (nSPS) is 18.6. The number of nitrogens with zero attached hydrogens (tertiary/aromatic N) is 3. The fraction of sp³-hybridized carbons (Fsp3) is 0.562. The number of piperidine rings is 1. The molecule has 1 amide bonds. The third kappa shape index (κ3) is 3.03. The molecule has 0 radical (unpaired) electrons. The Labute approximate surface area is 139 Å². The predicted molar refractivity (Wildman–Crippen MR) is 92.0 cm³/mol. The minimum atomic E-state index is -0.118. The fourth-order valence-electron chi connectivity index (χ4n) is 3.07. The summed E-state index contributed by atoms with van der Waals surface area (Å²) < 4.78 is 1.44. The standard InChI is InChI=1S/C16H22N4O2S/c1-10-11(2)23-15-14(10)16(22)20(9-18-15)8-13(21)19-6-4-5-12(7-19)17-3/h9,12,17H,4-8H2,1-3H3. The lowest BCUT2D eigenvalue weighted by Crippen LogP contribution is -2.48. The van der Waals surface area contributed by atoms with E-state index in [0.717, 1.165) is 34.7 Å². The molecule has 1 aliphatic rings. The van der Waals surface area contributed by atoms with E-state index in [4.69, 9.17) is 0 Å². The molecule has 3 heterocycles. The lowest BCUT2D eigenvalue weighted by atomic mass is 10.1. The highest BCUT2D eigenvalue weighted by atomic mass is 32.1. The molecular formula is C16H22N4O2S. The van der Waals surface area contributed by atoms with Crippen molar-refractivity contribution in [1.29, 1.82) is 0 Å². The van der Waals surface area contributed by atoms with Gasteiger partial charge in [-0.1, -0.05) is 0 Å². The van der Waals surface area contributed by atoms with E-state index in [-0.39, 0.29) is 18.0 Å². The van der Waals surface area contributed by atoms with Gasteiger partial charge in [-0.3, -0.25) is 14.2 Å². The summed E-state index contributed by atoms with van der Waals surface area (Å²) in [4.78, 5) is 33.2. The van der Waals surface area contributed by atoms with Crippen molar-refractivity contribution in [3.05, 3.63) is 27.1 Å². The number of hydrogen-bond acceptors (Lipinski definition) is 5.